The highest BCUT2D eigenvalue weighted by molar-refractivity contribution is 5.94. The molecule has 0 fully saturated rings. The normalized spacial score (nSPS) is 10.6. The Hall–Kier alpha value is -3.11. The highest BCUT2D eigenvalue weighted by Gasteiger charge is 2.11. The van der Waals surface area contributed by atoms with Gasteiger partial charge in [0.05, 0.1) is 6.61 Å². The highest BCUT2D eigenvalue weighted by atomic mass is 16.3. The molecule has 0 saturated heterocycles. The van der Waals surface area contributed by atoms with Gasteiger partial charge in [0.2, 0.25) is 0 Å². The predicted octanol–water partition coefficient (Wildman–Crippen LogP) is 4.22. The van der Waals surface area contributed by atoms with Crippen LogP contribution in [0.4, 0.5) is 5.69 Å². The lowest BCUT2D eigenvalue weighted by Gasteiger charge is -2.25. The van der Waals surface area contributed by atoms with Crippen molar-refractivity contribution in [1.29, 1.82) is 0 Å². The Labute approximate surface area is 179 Å². The first-order chi connectivity index (χ1) is 14.7. The third-order valence-electron chi connectivity index (χ3n) is 5.28. The Morgan fingerprint density at radius 3 is 2.20 bits per heavy atom. The Morgan fingerprint density at radius 2 is 1.53 bits per heavy atom. The molecule has 0 aromatic heterocycles. The fourth-order valence-electron chi connectivity index (χ4n) is 3.57. The maximum absolute atomic E-state index is 12.0. The number of carbonyl (C=O) groups is 1. The van der Waals surface area contributed by atoms with E-state index in [-0.39, 0.29) is 19.1 Å². The Kier molecular flexibility index (Phi) is 8.04. The van der Waals surface area contributed by atoms with E-state index >= 15 is 0 Å². The molecule has 0 atom stereocenters. The lowest BCUT2D eigenvalue weighted by Crippen LogP contribution is -2.26. The van der Waals surface area contributed by atoms with Crippen LogP contribution in [-0.2, 0) is 19.4 Å². The third kappa shape index (κ3) is 5.94. The van der Waals surface area contributed by atoms with Gasteiger partial charge in [0.15, 0.2) is 0 Å². The molecule has 0 saturated carbocycles. The van der Waals surface area contributed by atoms with Gasteiger partial charge in [-0.15, -0.1) is 0 Å². The molecule has 4 nitrogen and oxygen atoms in total. The number of aryl methyl sites for hydroxylation is 2. The van der Waals surface area contributed by atoms with Crippen LogP contribution in [0.15, 0.2) is 78.9 Å². The summed E-state index contributed by atoms with van der Waals surface area (Å²) >= 11 is 0. The molecule has 0 radical (unpaired) electrons. The number of nitrogens with one attached hydrogen (secondary N) is 1. The summed E-state index contributed by atoms with van der Waals surface area (Å²) in [6.45, 7) is 4.06. The van der Waals surface area contributed by atoms with Crippen molar-refractivity contribution in [3.8, 4) is 0 Å². The quantitative estimate of drug-likeness (QED) is 0.534. The molecule has 0 heterocycles. The summed E-state index contributed by atoms with van der Waals surface area (Å²) in [5, 5.41) is 11.5. The zero-order valence-electron chi connectivity index (χ0n) is 17.6. The van der Waals surface area contributed by atoms with Crippen LogP contribution in [0.3, 0.4) is 0 Å². The summed E-state index contributed by atoms with van der Waals surface area (Å²) in [5.74, 6) is -0.162. The Bertz CT molecular complexity index is 923. The fraction of sp³-hybridized carbons (Fsp3) is 0.269. The van der Waals surface area contributed by atoms with Crippen molar-refractivity contribution in [2.45, 2.75) is 26.3 Å². The van der Waals surface area contributed by atoms with Crippen molar-refractivity contribution < 1.29 is 9.90 Å². The molecular weight excluding hydrogens is 372 g/mol. The number of anilines is 1. The second-order valence-corrected chi connectivity index (χ2v) is 7.29. The largest absolute Gasteiger partial charge is 0.395 e. The van der Waals surface area contributed by atoms with E-state index in [1.54, 1.807) is 0 Å². The van der Waals surface area contributed by atoms with Gasteiger partial charge in [0, 0.05) is 30.9 Å². The molecule has 30 heavy (non-hydrogen) atoms. The van der Waals surface area contributed by atoms with Crippen LogP contribution >= 0.6 is 0 Å². The lowest BCUT2D eigenvalue weighted by molar-refractivity contribution is 0.0945. The Morgan fingerprint density at radius 1 is 0.867 bits per heavy atom. The second kappa shape index (κ2) is 11.2. The summed E-state index contributed by atoms with van der Waals surface area (Å²) in [5.41, 5.74) is 5.76. The van der Waals surface area contributed by atoms with Gasteiger partial charge in [0.25, 0.3) is 5.91 Å². The van der Waals surface area contributed by atoms with E-state index in [4.69, 9.17) is 5.11 Å². The van der Waals surface area contributed by atoms with Crippen molar-refractivity contribution in [2.24, 2.45) is 0 Å². The molecule has 0 aliphatic carbocycles. The summed E-state index contributed by atoms with van der Waals surface area (Å²) in [6, 6.07) is 26.9. The van der Waals surface area contributed by atoms with E-state index in [9.17, 15) is 4.79 Å². The average Bonchev–Trinajstić information content (AvgIpc) is 2.81. The van der Waals surface area contributed by atoms with E-state index < -0.39 is 0 Å². The molecule has 156 valence electrons. The van der Waals surface area contributed by atoms with E-state index in [2.05, 4.69) is 71.7 Å². The predicted molar refractivity (Wildman–Crippen MR) is 123 cm³/mol. The molecule has 2 N–H and O–H groups in total. The van der Waals surface area contributed by atoms with Gasteiger partial charge in [-0.2, -0.15) is 0 Å². The van der Waals surface area contributed by atoms with Gasteiger partial charge in [-0.25, -0.2) is 0 Å². The summed E-state index contributed by atoms with van der Waals surface area (Å²) in [4.78, 5) is 14.4. The monoisotopic (exact) mass is 402 g/mol. The van der Waals surface area contributed by atoms with E-state index in [0.717, 1.165) is 31.6 Å². The van der Waals surface area contributed by atoms with Crippen LogP contribution < -0.4 is 10.2 Å². The van der Waals surface area contributed by atoms with Gasteiger partial charge < -0.3 is 15.3 Å². The number of carbonyl (C=O) groups excluding carboxylic acids is 1. The molecule has 0 aliphatic rings. The first kappa shape index (κ1) is 21.6. The molecule has 0 spiro atoms. The van der Waals surface area contributed by atoms with E-state index in [1.807, 2.05) is 24.3 Å². The van der Waals surface area contributed by atoms with Gasteiger partial charge in [0.1, 0.15) is 0 Å². The number of aliphatic hydroxyl groups excluding tert-OH is 1. The first-order valence-electron chi connectivity index (χ1n) is 10.6. The SMILES string of the molecule is CCN(Cc1ccccc1CCc1ccccc1)c1ccc(C(=O)NCCO)cc1. The first-order valence-corrected chi connectivity index (χ1v) is 10.6. The minimum absolute atomic E-state index is 0.0584. The van der Waals surface area contributed by atoms with Crippen molar-refractivity contribution in [3.63, 3.8) is 0 Å². The number of hydrogen-bond acceptors (Lipinski definition) is 3. The number of aliphatic hydroxyl groups is 1. The van der Waals surface area contributed by atoms with Crippen LogP contribution in [-0.4, -0.2) is 30.7 Å². The van der Waals surface area contributed by atoms with Crippen LogP contribution in [0.1, 0.15) is 34.0 Å². The summed E-state index contributed by atoms with van der Waals surface area (Å²) < 4.78 is 0. The lowest BCUT2D eigenvalue weighted by atomic mass is 9.99. The maximum atomic E-state index is 12.0. The van der Waals surface area contributed by atoms with Crippen LogP contribution in [0.25, 0.3) is 0 Å². The van der Waals surface area contributed by atoms with Crippen molar-refractivity contribution >= 4 is 11.6 Å². The summed E-state index contributed by atoms with van der Waals surface area (Å²) in [7, 11) is 0. The Balaban J connectivity index is 1.69. The highest BCUT2D eigenvalue weighted by Crippen LogP contribution is 2.21. The number of hydrogen-bond donors (Lipinski definition) is 2. The van der Waals surface area contributed by atoms with Crippen molar-refractivity contribution in [2.75, 3.05) is 24.6 Å². The van der Waals surface area contributed by atoms with Crippen LogP contribution in [0.2, 0.25) is 0 Å². The zero-order valence-corrected chi connectivity index (χ0v) is 17.6. The average molecular weight is 403 g/mol. The number of nitrogens with zero attached hydrogens (tertiary/aromatic N) is 1. The molecular formula is C26H30N2O2. The van der Waals surface area contributed by atoms with Crippen LogP contribution in [0, 0.1) is 0 Å². The maximum Gasteiger partial charge on any atom is 0.251 e. The number of rotatable bonds is 10. The molecule has 1 amide bonds. The van der Waals surface area contributed by atoms with Crippen molar-refractivity contribution in [1.82, 2.24) is 5.32 Å². The number of amides is 1. The summed E-state index contributed by atoms with van der Waals surface area (Å²) in [6.07, 6.45) is 2.04. The van der Waals surface area contributed by atoms with Crippen molar-refractivity contribution in [3.05, 3.63) is 101 Å². The van der Waals surface area contributed by atoms with E-state index in [1.165, 1.54) is 16.7 Å². The topological polar surface area (TPSA) is 52.6 Å². The molecule has 0 bridgehead atoms. The van der Waals surface area contributed by atoms with E-state index in [0.29, 0.717) is 5.56 Å². The van der Waals surface area contributed by atoms with Gasteiger partial charge in [-0.1, -0.05) is 54.6 Å². The molecule has 3 aromatic carbocycles. The minimum atomic E-state index is -0.162. The molecule has 0 unspecified atom stereocenters. The molecule has 3 rings (SSSR count). The minimum Gasteiger partial charge on any atom is -0.395 e. The van der Waals surface area contributed by atoms with Crippen LogP contribution in [0.5, 0.6) is 0 Å². The third-order valence-corrected chi connectivity index (χ3v) is 5.28. The molecule has 0 aliphatic heterocycles. The molecule has 4 heteroatoms. The van der Waals surface area contributed by atoms with Gasteiger partial charge in [-0.05, 0) is 60.7 Å². The smallest absolute Gasteiger partial charge is 0.251 e. The van der Waals surface area contributed by atoms with Gasteiger partial charge >= 0.3 is 0 Å². The standard InChI is InChI=1S/C26H30N2O2/c1-2-28(25-16-14-23(15-17-25)26(30)27-18-19-29)20-24-11-7-6-10-22(24)13-12-21-8-4-3-5-9-21/h3-11,14-17,29H,2,12-13,18-20H2,1H3,(H,27,30). The number of benzene rings is 3. The van der Waals surface area contributed by atoms with Gasteiger partial charge in [-0.3, -0.25) is 4.79 Å². The molecule has 3 aromatic rings. The second-order valence-electron chi connectivity index (χ2n) is 7.29. The zero-order chi connectivity index (χ0) is 21.2. The fourth-order valence-corrected chi connectivity index (χ4v) is 3.57.